The number of halogens is 1. The van der Waals surface area contributed by atoms with E-state index in [1.54, 1.807) is 0 Å². The number of benzene rings is 2. The molecule has 0 saturated heterocycles. The lowest BCUT2D eigenvalue weighted by Crippen LogP contribution is -2.28. The molecule has 0 heterocycles. The van der Waals surface area contributed by atoms with Crippen LogP contribution in [0.15, 0.2) is 40.9 Å². The fraction of sp³-hybridized carbons (Fsp3) is 0.0714. The van der Waals surface area contributed by atoms with Gasteiger partial charge in [-0.25, -0.2) is 4.79 Å². The van der Waals surface area contributed by atoms with Crippen molar-refractivity contribution in [2.75, 3.05) is 5.32 Å². The van der Waals surface area contributed by atoms with Gasteiger partial charge in [0.2, 0.25) is 0 Å². The molecule has 0 saturated carbocycles. The topological polar surface area (TPSA) is 102 Å². The molecule has 21 heavy (non-hydrogen) atoms. The van der Waals surface area contributed by atoms with Crippen LogP contribution in [0.5, 0.6) is 17.2 Å². The number of phenolic OH excluding ortho intramolecular Hbond substituents is 3. The molecular formula is C14H13BrN2O4. The Bertz CT molecular complexity index is 653. The van der Waals surface area contributed by atoms with Gasteiger partial charge in [-0.2, -0.15) is 0 Å². The van der Waals surface area contributed by atoms with Crippen molar-refractivity contribution < 1.29 is 20.1 Å². The van der Waals surface area contributed by atoms with Crippen molar-refractivity contribution in [1.82, 2.24) is 5.32 Å². The average Bonchev–Trinajstić information content (AvgIpc) is 2.42. The van der Waals surface area contributed by atoms with Gasteiger partial charge in [-0.15, -0.1) is 0 Å². The largest absolute Gasteiger partial charge is 0.504 e. The number of urea groups is 1. The van der Waals surface area contributed by atoms with Crippen molar-refractivity contribution in [1.29, 1.82) is 0 Å². The smallest absolute Gasteiger partial charge is 0.319 e. The Hall–Kier alpha value is -2.41. The second-order valence-electron chi connectivity index (χ2n) is 4.30. The van der Waals surface area contributed by atoms with Crippen LogP contribution < -0.4 is 10.6 Å². The maximum atomic E-state index is 11.7. The minimum atomic E-state index is -0.630. The molecule has 0 atom stereocenters. The number of carbonyl (C=O) groups is 1. The van der Waals surface area contributed by atoms with E-state index in [1.807, 2.05) is 24.3 Å². The highest BCUT2D eigenvalue weighted by Gasteiger charge is 2.10. The van der Waals surface area contributed by atoms with Crippen LogP contribution in [0.2, 0.25) is 0 Å². The van der Waals surface area contributed by atoms with E-state index in [4.69, 9.17) is 0 Å². The molecule has 7 heteroatoms. The molecule has 2 rings (SSSR count). The van der Waals surface area contributed by atoms with Gasteiger partial charge in [0.1, 0.15) is 0 Å². The quantitative estimate of drug-likeness (QED) is 0.433. The zero-order valence-electron chi connectivity index (χ0n) is 10.8. The van der Waals surface area contributed by atoms with Gasteiger partial charge in [-0.05, 0) is 17.7 Å². The molecule has 0 bridgehead atoms. The van der Waals surface area contributed by atoms with Crippen LogP contribution >= 0.6 is 15.9 Å². The number of nitrogens with one attached hydrogen (secondary N) is 2. The first-order chi connectivity index (χ1) is 9.95. The van der Waals surface area contributed by atoms with E-state index in [0.717, 1.165) is 22.2 Å². The van der Waals surface area contributed by atoms with Gasteiger partial charge in [-0.3, -0.25) is 0 Å². The fourth-order valence-electron chi connectivity index (χ4n) is 1.68. The molecule has 2 aromatic rings. The van der Waals surface area contributed by atoms with E-state index >= 15 is 0 Å². The molecular weight excluding hydrogens is 340 g/mol. The van der Waals surface area contributed by atoms with E-state index in [9.17, 15) is 20.1 Å². The first-order valence-electron chi connectivity index (χ1n) is 6.00. The van der Waals surface area contributed by atoms with Crippen molar-refractivity contribution in [3.63, 3.8) is 0 Å². The van der Waals surface area contributed by atoms with Crippen molar-refractivity contribution in [2.24, 2.45) is 0 Å². The second kappa shape index (κ2) is 6.36. The second-order valence-corrected chi connectivity index (χ2v) is 5.22. The van der Waals surface area contributed by atoms with Crippen LogP contribution in [0.1, 0.15) is 5.56 Å². The minimum Gasteiger partial charge on any atom is -0.504 e. The van der Waals surface area contributed by atoms with Crippen molar-refractivity contribution in [3.05, 3.63) is 46.4 Å². The summed E-state index contributed by atoms with van der Waals surface area (Å²) in [5.74, 6) is -1.66. The lowest BCUT2D eigenvalue weighted by atomic mass is 10.2. The van der Waals surface area contributed by atoms with Crippen molar-refractivity contribution >= 4 is 27.6 Å². The zero-order valence-corrected chi connectivity index (χ0v) is 12.4. The summed E-state index contributed by atoms with van der Waals surface area (Å²) in [6, 6.07) is 9.24. The van der Waals surface area contributed by atoms with E-state index in [-0.39, 0.29) is 5.69 Å². The number of amides is 2. The molecule has 0 aliphatic rings. The lowest BCUT2D eigenvalue weighted by molar-refractivity contribution is 0.251. The van der Waals surface area contributed by atoms with Crippen LogP contribution in [-0.4, -0.2) is 21.4 Å². The molecule has 0 unspecified atom stereocenters. The summed E-state index contributed by atoms with van der Waals surface area (Å²) < 4.78 is 0.913. The third-order valence-corrected chi connectivity index (χ3v) is 3.16. The Morgan fingerprint density at radius 3 is 2.38 bits per heavy atom. The molecule has 0 radical (unpaired) electrons. The molecule has 5 N–H and O–H groups in total. The monoisotopic (exact) mass is 352 g/mol. The number of carbonyl (C=O) groups excluding carboxylic acids is 1. The van der Waals surface area contributed by atoms with Gasteiger partial charge in [0.15, 0.2) is 17.2 Å². The van der Waals surface area contributed by atoms with E-state index in [2.05, 4.69) is 26.6 Å². The van der Waals surface area contributed by atoms with Gasteiger partial charge in [0.25, 0.3) is 0 Å². The average molecular weight is 353 g/mol. The number of anilines is 1. The molecule has 0 aromatic heterocycles. The maximum Gasteiger partial charge on any atom is 0.319 e. The van der Waals surface area contributed by atoms with Crippen molar-refractivity contribution in [3.8, 4) is 17.2 Å². The van der Waals surface area contributed by atoms with Gasteiger partial charge < -0.3 is 26.0 Å². The summed E-state index contributed by atoms with van der Waals surface area (Å²) in [6.45, 7) is 0.321. The highest BCUT2D eigenvalue weighted by molar-refractivity contribution is 9.10. The Morgan fingerprint density at radius 1 is 1.10 bits per heavy atom. The lowest BCUT2D eigenvalue weighted by Gasteiger charge is -2.09. The van der Waals surface area contributed by atoms with Crippen molar-refractivity contribution in [2.45, 2.75) is 6.54 Å². The fourth-order valence-corrected chi connectivity index (χ4v) is 2.13. The van der Waals surface area contributed by atoms with Gasteiger partial charge in [-0.1, -0.05) is 28.1 Å². The van der Waals surface area contributed by atoms with Gasteiger partial charge in [0, 0.05) is 23.2 Å². The Balaban J connectivity index is 1.96. The van der Waals surface area contributed by atoms with E-state index in [0.29, 0.717) is 6.54 Å². The van der Waals surface area contributed by atoms with Crippen LogP contribution in [0.4, 0.5) is 10.5 Å². The summed E-state index contributed by atoms with van der Waals surface area (Å²) in [5, 5.41) is 33.0. The summed E-state index contributed by atoms with van der Waals surface area (Å²) >= 11 is 3.34. The predicted molar refractivity (Wildman–Crippen MR) is 81.4 cm³/mol. The molecule has 0 spiro atoms. The van der Waals surface area contributed by atoms with E-state index in [1.165, 1.54) is 0 Å². The van der Waals surface area contributed by atoms with Gasteiger partial charge in [0.05, 0.1) is 5.69 Å². The highest BCUT2D eigenvalue weighted by atomic mass is 79.9. The Labute approximate surface area is 129 Å². The number of hydrogen-bond donors (Lipinski definition) is 5. The summed E-state index contributed by atoms with van der Waals surface area (Å²) in [5.41, 5.74) is 1.07. The van der Waals surface area contributed by atoms with Gasteiger partial charge >= 0.3 is 6.03 Å². The normalized spacial score (nSPS) is 10.1. The van der Waals surface area contributed by atoms with Crippen LogP contribution in [0, 0.1) is 0 Å². The zero-order chi connectivity index (χ0) is 15.4. The Morgan fingerprint density at radius 2 is 1.76 bits per heavy atom. The van der Waals surface area contributed by atoms with Crippen LogP contribution in [0.25, 0.3) is 0 Å². The number of phenols is 3. The van der Waals surface area contributed by atoms with Crippen LogP contribution in [0.3, 0.4) is 0 Å². The molecule has 0 aliphatic carbocycles. The maximum absolute atomic E-state index is 11.7. The number of hydrogen-bond acceptors (Lipinski definition) is 4. The molecule has 2 amide bonds. The molecule has 110 valence electrons. The molecule has 0 fully saturated rings. The third kappa shape index (κ3) is 4.03. The first-order valence-corrected chi connectivity index (χ1v) is 6.79. The van der Waals surface area contributed by atoms with Crippen LogP contribution in [-0.2, 0) is 6.54 Å². The standard InChI is InChI=1S/C14H13BrN2O4/c15-9-3-1-2-8(4-9)7-16-14(21)17-10-5-11(18)13(20)12(19)6-10/h1-6,18-20H,7H2,(H2,16,17,21). The highest BCUT2D eigenvalue weighted by Crippen LogP contribution is 2.37. The molecule has 2 aromatic carbocycles. The summed E-state index contributed by atoms with van der Waals surface area (Å²) in [6.07, 6.45) is 0. The molecule has 0 aliphatic heterocycles. The summed E-state index contributed by atoms with van der Waals surface area (Å²) in [4.78, 5) is 11.7. The first kappa shape index (κ1) is 15.0. The molecule has 6 nitrogen and oxygen atoms in total. The minimum absolute atomic E-state index is 0.162. The number of aromatic hydroxyl groups is 3. The Kier molecular flexibility index (Phi) is 4.54. The third-order valence-electron chi connectivity index (χ3n) is 2.67. The predicted octanol–water partition coefficient (Wildman–Crippen LogP) is 2.89. The SMILES string of the molecule is O=C(NCc1cccc(Br)c1)Nc1cc(O)c(O)c(O)c1. The summed E-state index contributed by atoms with van der Waals surface area (Å²) in [7, 11) is 0. The van der Waals surface area contributed by atoms with E-state index < -0.39 is 23.3 Å². The number of rotatable bonds is 3.